The summed E-state index contributed by atoms with van der Waals surface area (Å²) in [5.41, 5.74) is 3.18. The van der Waals surface area contributed by atoms with Crippen LogP contribution in [0.4, 0.5) is 4.39 Å². The highest BCUT2D eigenvalue weighted by atomic mass is 31.2. The first kappa shape index (κ1) is 37.4. The van der Waals surface area contributed by atoms with Crippen molar-refractivity contribution in [3.63, 3.8) is 0 Å². The van der Waals surface area contributed by atoms with Crippen LogP contribution in [0.15, 0.2) is 109 Å². The molecule has 1 fully saturated rings. The molecule has 1 aliphatic heterocycles. The molecule has 0 saturated carbocycles. The van der Waals surface area contributed by atoms with Crippen LogP contribution < -0.4 is 15.1 Å². The molecule has 11 heteroatoms. The van der Waals surface area contributed by atoms with Crippen molar-refractivity contribution in [3.8, 4) is 16.9 Å². The summed E-state index contributed by atoms with van der Waals surface area (Å²) in [4.78, 5) is 32.1. The van der Waals surface area contributed by atoms with E-state index in [2.05, 4.69) is 63.5 Å². The number of halogens is 1. The summed E-state index contributed by atoms with van der Waals surface area (Å²) in [6.45, 7) is 10.7. The second-order valence-electron chi connectivity index (χ2n) is 14.6. The molecule has 0 unspecified atom stereocenters. The number of esters is 1. The van der Waals surface area contributed by atoms with Crippen molar-refractivity contribution in [1.29, 1.82) is 0 Å². The third-order valence-corrected chi connectivity index (χ3v) is 15.0. The summed E-state index contributed by atoms with van der Waals surface area (Å²) >= 11 is 0. The van der Waals surface area contributed by atoms with Crippen LogP contribution in [0.25, 0.3) is 28.1 Å². The number of aromatic nitrogens is 1. The number of hydrogen-bond donors (Lipinski definition) is 2. The van der Waals surface area contributed by atoms with Gasteiger partial charge in [-0.1, -0.05) is 93.6 Å². The summed E-state index contributed by atoms with van der Waals surface area (Å²) in [6, 6.07) is 32.1. The van der Waals surface area contributed by atoms with Gasteiger partial charge in [0.05, 0.1) is 12.5 Å². The van der Waals surface area contributed by atoms with Crippen LogP contribution in [0.5, 0.6) is 5.75 Å². The monoisotopic (exact) mass is 741 g/mol. The van der Waals surface area contributed by atoms with E-state index in [0.29, 0.717) is 12.2 Å². The zero-order valence-corrected chi connectivity index (χ0v) is 31.9. The van der Waals surface area contributed by atoms with Crippen LogP contribution in [0.3, 0.4) is 0 Å². The zero-order chi connectivity index (χ0) is 37.3. The van der Waals surface area contributed by atoms with E-state index in [1.165, 1.54) is 12.1 Å². The minimum absolute atomic E-state index is 0.0154. The SMILES string of the molecule is CC(C)n1c(C=C[C@@H]2C[C@@H](O[Si](c3ccccc3)(c3ccccc3)C(C)(C)C)CC(=O)O2)c(-c2ccc(F)cc2)c2cc(OCP(=O)(O)O)ccc21. The number of benzene rings is 4. The molecule has 52 heavy (non-hydrogen) atoms. The number of hydrogen-bond acceptors (Lipinski definition) is 5. The Hall–Kier alpha value is -4.31. The van der Waals surface area contributed by atoms with Crippen molar-refractivity contribution in [1.82, 2.24) is 4.57 Å². The van der Waals surface area contributed by atoms with E-state index in [1.54, 1.807) is 24.3 Å². The highest BCUT2D eigenvalue weighted by Gasteiger charge is 2.52. The second kappa shape index (κ2) is 15.0. The summed E-state index contributed by atoms with van der Waals surface area (Å²) in [7, 11) is -7.35. The molecule has 1 aromatic heterocycles. The Balaban J connectivity index is 1.41. The normalized spacial score (nSPS) is 17.2. The second-order valence-corrected chi connectivity index (χ2v) is 20.4. The van der Waals surface area contributed by atoms with Gasteiger partial charge in [0, 0.05) is 34.6 Å². The molecule has 5 aromatic rings. The maximum Gasteiger partial charge on any atom is 0.362 e. The van der Waals surface area contributed by atoms with E-state index in [-0.39, 0.29) is 29.3 Å². The molecule has 2 N–H and O–H groups in total. The summed E-state index contributed by atoms with van der Waals surface area (Å²) in [6.07, 6.45) is 2.70. The van der Waals surface area contributed by atoms with E-state index < -0.39 is 34.5 Å². The standard InChI is InChI=1S/C41H45FNO7PSi/c1-28(2)43-37-22-20-31(48-27-51(45,46)47)25-36(37)40(29-16-18-30(42)19-17-29)38(43)23-21-32-24-33(26-39(44)49-32)50-52(41(3,4)5,34-12-8-6-9-13-34)35-14-10-7-11-15-35/h6-23,25,28,32-33H,24,26-27H2,1-5H3,(H2,45,46,47)/t32-,33-/m1/s1. The van der Waals surface area contributed by atoms with Crippen molar-refractivity contribution >= 4 is 49.2 Å². The molecule has 0 bridgehead atoms. The first-order valence-corrected chi connectivity index (χ1v) is 21.1. The van der Waals surface area contributed by atoms with Crippen molar-refractivity contribution in [2.75, 3.05) is 6.35 Å². The van der Waals surface area contributed by atoms with E-state index in [9.17, 15) is 23.5 Å². The number of cyclic esters (lactones) is 1. The Bertz CT molecular complexity index is 2070. The molecule has 8 nitrogen and oxygen atoms in total. The topological polar surface area (TPSA) is 107 Å². The Morgan fingerprint density at radius 3 is 2.13 bits per heavy atom. The van der Waals surface area contributed by atoms with Crippen molar-refractivity contribution in [2.24, 2.45) is 0 Å². The number of ether oxygens (including phenoxy) is 2. The van der Waals surface area contributed by atoms with Gasteiger partial charge in [0.2, 0.25) is 0 Å². The maximum absolute atomic E-state index is 14.1. The van der Waals surface area contributed by atoms with E-state index >= 15 is 0 Å². The fourth-order valence-electron chi connectivity index (χ4n) is 7.34. The van der Waals surface area contributed by atoms with Crippen LogP contribution in [0, 0.1) is 5.82 Å². The third kappa shape index (κ3) is 7.87. The first-order chi connectivity index (χ1) is 24.7. The molecule has 0 radical (unpaired) electrons. The third-order valence-electron chi connectivity index (χ3n) is 9.46. The lowest BCUT2D eigenvalue weighted by Crippen LogP contribution is -2.68. The Morgan fingerprint density at radius 2 is 1.58 bits per heavy atom. The number of rotatable bonds is 11. The lowest BCUT2D eigenvalue weighted by molar-refractivity contribution is -0.155. The van der Waals surface area contributed by atoms with Gasteiger partial charge in [0.15, 0.2) is 6.35 Å². The van der Waals surface area contributed by atoms with Crippen LogP contribution >= 0.6 is 7.60 Å². The smallest absolute Gasteiger partial charge is 0.362 e. The van der Waals surface area contributed by atoms with Crippen molar-refractivity contribution < 1.29 is 37.4 Å². The van der Waals surface area contributed by atoms with Crippen LogP contribution in [0.2, 0.25) is 5.04 Å². The first-order valence-electron chi connectivity index (χ1n) is 17.4. The van der Waals surface area contributed by atoms with Gasteiger partial charge in [-0.15, -0.1) is 0 Å². The van der Waals surface area contributed by atoms with Gasteiger partial charge in [-0.2, -0.15) is 0 Å². The molecule has 6 rings (SSSR count). The molecule has 1 saturated heterocycles. The fraction of sp³-hybridized carbons (Fsp3) is 0.293. The van der Waals surface area contributed by atoms with Gasteiger partial charge in [-0.3, -0.25) is 9.36 Å². The Morgan fingerprint density at radius 1 is 0.962 bits per heavy atom. The molecular weight excluding hydrogens is 697 g/mol. The molecule has 2 atom stereocenters. The molecule has 4 aromatic carbocycles. The predicted octanol–water partition coefficient (Wildman–Crippen LogP) is 8.21. The van der Waals surface area contributed by atoms with Gasteiger partial charge in [-0.05, 0) is 77.3 Å². The minimum atomic E-state index is -4.41. The van der Waals surface area contributed by atoms with Crippen LogP contribution in [-0.2, 0) is 18.5 Å². The molecule has 2 heterocycles. The summed E-state index contributed by atoms with van der Waals surface area (Å²) in [5, 5.41) is 2.76. The Labute approximate surface area is 305 Å². The van der Waals surface area contributed by atoms with Gasteiger partial charge >= 0.3 is 13.6 Å². The quantitative estimate of drug-likeness (QED) is 0.0799. The van der Waals surface area contributed by atoms with Gasteiger partial charge in [0.1, 0.15) is 17.7 Å². The molecule has 0 amide bonds. The van der Waals surface area contributed by atoms with Crippen LogP contribution in [0.1, 0.15) is 59.2 Å². The average Bonchev–Trinajstić information content (AvgIpc) is 3.42. The lowest BCUT2D eigenvalue weighted by atomic mass is 10.00. The van der Waals surface area contributed by atoms with Crippen molar-refractivity contribution in [2.45, 2.75) is 70.7 Å². The van der Waals surface area contributed by atoms with Gasteiger partial charge in [0.25, 0.3) is 8.32 Å². The number of carbonyl (C=O) groups is 1. The molecule has 1 aliphatic rings. The zero-order valence-electron chi connectivity index (χ0n) is 30.0. The largest absolute Gasteiger partial charge is 0.481 e. The van der Waals surface area contributed by atoms with E-state index in [4.69, 9.17) is 13.9 Å². The summed E-state index contributed by atoms with van der Waals surface area (Å²) in [5.74, 6) is -0.417. The fourth-order valence-corrected chi connectivity index (χ4v) is 12.4. The molecule has 272 valence electrons. The summed E-state index contributed by atoms with van der Waals surface area (Å²) < 4.78 is 46.6. The van der Waals surface area contributed by atoms with E-state index in [0.717, 1.165) is 38.1 Å². The molecule has 0 aliphatic carbocycles. The predicted molar refractivity (Wildman–Crippen MR) is 206 cm³/mol. The molecular formula is C41H45FNO7PSi. The number of carbonyl (C=O) groups excluding carboxylic acids is 1. The molecule has 0 spiro atoms. The minimum Gasteiger partial charge on any atom is -0.481 e. The highest BCUT2D eigenvalue weighted by Crippen LogP contribution is 2.42. The van der Waals surface area contributed by atoms with Gasteiger partial charge in [-0.25, -0.2) is 4.39 Å². The lowest BCUT2D eigenvalue weighted by Gasteiger charge is -2.46. The Kier molecular flexibility index (Phi) is 10.8. The van der Waals surface area contributed by atoms with Gasteiger partial charge < -0.3 is 28.3 Å². The van der Waals surface area contributed by atoms with Crippen LogP contribution in [-0.4, -0.2) is 47.2 Å². The number of nitrogens with zero attached hydrogens (tertiary/aromatic N) is 1. The van der Waals surface area contributed by atoms with Crippen molar-refractivity contribution in [3.05, 3.63) is 121 Å². The van der Waals surface area contributed by atoms with E-state index in [1.807, 2.05) is 54.6 Å². The highest BCUT2D eigenvalue weighted by molar-refractivity contribution is 7.51. The maximum atomic E-state index is 14.1. The average molecular weight is 742 g/mol. The number of fused-ring (bicyclic) bond motifs is 1.